The number of hydrogen-bond donors (Lipinski definition) is 3. The quantitative estimate of drug-likeness (QED) is 0.721. The molecule has 1 aromatic rings. The number of nitrogens with two attached hydrogens (primary N) is 1. The number of methoxy groups -OCH3 is 1. The van der Waals surface area contributed by atoms with E-state index in [1.165, 1.54) is 0 Å². The van der Waals surface area contributed by atoms with Gasteiger partial charge in [0.25, 0.3) is 0 Å². The van der Waals surface area contributed by atoms with E-state index in [1.54, 1.807) is 7.11 Å². The van der Waals surface area contributed by atoms with Gasteiger partial charge in [-0.25, -0.2) is 4.79 Å². The van der Waals surface area contributed by atoms with Crippen molar-refractivity contribution < 1.29 is 14.3 Å². The van der Waals surface area contributed by atoms with Crippen molar-refractivity contribution in [2.24, 2.45) is 5.73 Å². The topological polar surface area (TPSA) is 85.6 Å². The minimum atomic E-state index is -0.504. The summed E-state index contributed by atoms with van der Waals surface area (Å²) in [5.74, 6) is 0.701. The van der Waals surface area contributed by atoms with Gasteiger partial charge in [-0.05, 0) is 51.0 Å². The number of thiocarbonyl (C=S) groups is 1. The molecule has 0 unspecified atom stereocenters. The fourth-order valence-electron chi connectivity index (χ4n) is 1.78. The maximum atomic E-state index is 11.6. The van der Waals surface area contributed by atoms with Crippen LogP contribution in [0.25, 0.3) is 0 Å². The first kappa shape index (κ1) is 18.0. The van der Waals surface area contributed by atoms with Gasteiger partial charge in [0.05, 0.1) is 7.11 Å². The highest BCUT2D eigenvalue weighted by atomic mass is 32.1. The minimum Gasteiger partial charge on any atom is -0.496 e. The molecule has 0 saturated carbocycles. The van der Waals surface area contributed by atoms with Crippen molar-refractivity contribution in [3.63, 3.8) is 0 Å². The van der Waals surface area contributed by atoms with E-state index in [0.29, 0.717) is 18.7 Å². The van der Waals surface area contributed by atoms with Gasteiger partial charge < -0.3 is 25.8 Å². The molecule has 0 heterocycles. The summed E-state index contributed by atoms with van der Waals surface area (Å²) in [6.45, 7) is 5.92. The fraction of sp³-hybridized carbons (Fsp3) is 0.467. The van der Waals surface area contributed by atoms with Crippen molar-refractivity contribution in [1.82, 2.24) is 5.32 Å². The van der Waals surface area contributed by atoms with E-state index in [1.807, 2.05) is 39.0 Å². The van der Waals surface area contributed by atoms with Gasteiger partial charge in [0.1, 0.15) is 11.4 Å². The summed E-state index contributed by atoms with van der Waals surface area (Å²) in [7, 11) is 1.59. The maximum absolute atomic E-state index is 11.6. The molecule has 1 amide bonds. The number of carbonyl (C=O) groups is 1. The predicted octanol–water partition coefficient (Wildman–Crippen LogP) is 2.42. The van der Waals surface area contributed by atoms with Crippen LogP contribution in [0.4, 0.5) is 10.5 Å². The molecule has 0 aliphatic carbocycles. The molecule has 0 bridgehead atoms. The third kappa shape index (κ3) is 6.62. The summed E-state index contributed by atoms with van der Waals surface area (Å²) in [5, 5.41) is 5.75. The lowest BCUT2D eigenvalue weighted by atomic mass is 10.1. The smallest absolute Gasteiger partial charge is 0.407 e. The zero-order chi connectivity index (χ0) is 16.8. The summed E-state index contributed by atoms with van der Waals surface area (Å²) in [4.78, 5) is 11.6. The number of alkyl carbamates (subject to hydrolysis) is 1. The molecule has 0 aromatic heterocycles. The molecule has 4 N–H and O–H groups in total. The van der Waals surface area contributed by atoms with Crippen molar-refractivity contribution in [2.45, 2.75) is 32.8 Å². The van der Waals surface area contributed by atoms with Gasteiger partial charge in [0, 0.05) is 18.3 Å². The van der Waals surface area contributed by atoms with E-state index in [4.69, 9.17) is 27.4 Å². The van der Waals surface area contributed by atoms with Crippen molar-refractivity contribution >= 4 is 29.1 Å². The van der Waals surface area contributed by atoms with Crippen LogP contribution < -0.4 is 21.1 Å². The van der Waals surface area contributed by atoms with Gasteiger partial charge in [-0.15, -0.1) is 0 Å². The number of nitrogens with one attached hydrogen (secondary N) is 2. The Labute approximate surface area is 136 Å². The number of hydrogen-bond acceptors (Lipinski definition) is 4. The van der Waals surface area contributed by atoms with Crippen molar-refractivity contribution in [3.05, 3.63) is 23.8 Å². The molecule has 1 rings (SSSR count). The van der Waals surface area contributed by atoms with E-state index in [0.717, 1.165) is 11.3 Å². The van der Waals surface area contributed by atoms with Gasteiger partial charge in [0.15, 0.2) is 5.11 Å². The molecule has 0 saturated heterocycles. The molecule has 7 heteroatoms. The highest BCUT2D eigenvalue weighted by Crippen LogP contribution is 2.23. The lowest BCUT2D eigenvalue weighted by molar-refractivity contribution is 0.0528. The number of rotatable bonds is 5. The van der Waals surface area contributed by atoms with Crippen molar-refractivity contribution in [2.75, 3.05) is 19.0 Å². The molecule has 0 aliphatic rings. The molecule has 6 nitrogen and oxygen atoms in total. The third-order valence-electron chi connectivity index (χ3n) is 2.62. The lowest BCUT2D eigenvalue weighted by Crippen LogP contribution is -2.33. The maximum Gasteiger partial charge on any atom is 0.407 e. The molecule has 0 radical (unpaired) electrons. The van der Waals surface area contributed by atoms with E-state index in [9.17, 15) is 4.79 Å². The first-order valence-corrected chi connectivity index (χ1v) is 7.32. The zero-order valence-corrected chi connectivity index (χ0v) is 14.2. The highest BCUT2D eigenvalue weighted by molar-refractivity contribution is 7.80. The average molecular weight is 325 g/mol. The average Bonchev–Trinajstić information content (AvgIpc) is 2.37. The molecular formula is C15H23N3O3S. The Morgan fingerprint density at radius 1 is 1.36 bits per heavy atom. The standard InChI is InChI=1S/C15H23N3O3S/c1-15(2,3)21-14(19)17-8-7-10-5-6-11(18-13(16)22)9-12(10)20-4/h5-6,9H,7-8H2,1-4H3,(H,17,19)(H3,16,18,22). The first-order chi connectivity index (χ1) is 10.2. The number of anilines is 1. The molecule has 0 aliphatic heterocycles. The van der Waals surface area contributed by atoms with Gasteiger partial charge in [-0.1, -0.05) is 6.07 Å². The summed E-state index contributed by atoms with van der Waals surface area (Å²) >= 11 is 4.80. The number of amides is 1. The Balaban J connectivity index is 2.58. The number of benzene rings is 1. The van der Waals surface area contributed by atoms with Crippen LogP contribution in [0, 0.1) is 0 Å². The molecule has 22 heavy (non-hydrogen) atoms. The molecule has 1 aromatic carbocycles. The Bertz CT molecular complexity index is 541. The first-order valence-electron chi connectivity index (χ1n) is 6.91. The Morgan fingerprint density at radius 3 is 2.59 bits per heavy atom. The SMILES string of the molecule is COc1cc(NC(N)=S)ccc1CCNC(=O)OC(C)(C)C. The van der Waals surface area contributed by atoms with Crippen molar-refractivity contribution in [3.8, 4) is 5.75 Å². The summed E-state index contributed by atoms with van der Waals surface area (Å²) in [6, 6.07) is 5.56. The molecule has 122 valence electrons. The Kier molecular flexibility index (Phi) is 6.42. The second-order valence-electron chi connectivity index (χ2n) is 5.69. The fourth-order valence-corrected chi connectivity index (χ4v) is 1.90. The minimum absolute atomic E-state index is 0.196. The van der Waals surface area contributed by atoms with Crippen LogP contribution in [0.1, 0.15) is 26.3 Å². The van der Waals surface area contributed by atoms with Gasteiger partial charge >= 0.3 is 6.09 Å². The summed E-state index contributed by atoms with van der Waals surface area (Å²) < 4.78 is 10.5. The van der Waals surface area contributed by atoms with Crippen LogP contribution in [0.2, 0.25) is 0 Å². The molecule has 0 atom stereocenters. The molecule has 0 spiro atoms. The van der Waals surface area contributed by atoms with E-state index in [2.05, 4.69) is 10.6 Å². The number of ether oxygens (including phenoxy) is 2. The summed E-state index contributed by atoms with van der Waals surface area (Å²) in [5.41, 5.74) is 6.65. The largest absolute Gasteiger partial charge is 0.496 e. The van der Waals surface area contributed by atoms with Crippen LogP contribution in [0.15, 0.2) is 18.2 Å². The third-order valence-corrected chi connectivity index (χ3v) is 2.72. The van der Waals surface area contributed by atoms with Gasteiger partial charge in [-0.3, -0.25) is 0 Å². The van der Waals surface area contributed by atoms with Crippen LogP contribution in [-0.4, -0.2) is 30.5 Å². The van der Waals surface area contributed by atoms with Crippen LogP contribution in [0.3, 0.4) is 0 Å². The van der Waals surface area contributed by atoms with Crippen molar-refractivity contribution in [1.29, 1.82) is 0 Å². The Hall–Kier alpha value is -2.02. The summed E-state index contributed by atoms with van der Waals surface area (Å²) in [6.07, 6.45) is 0.189. The highest BCUT2D eigenvalue weighted by Gasteiger charge is 2.15. The van der Waals surface area contributed by atoms with Gasteiger partial charge in [0.2, 0.25) is 0 Å². The zero-order valence-electron chi connectivity index (χ0n) is 13.4. The molecular weight excluding hydrogens is 302 g/mol. The van der Waals surface area contributed by atoms with E-state index in [-0.39, 0.29) is 5.11 Å². The lowest BCUT2D eigenvalue weighted by Gasteiger charge is -2.19. The predicted molar refractivity (Wildman–Crippen MR) is 91.3 cm³/mol. The monoisotopic (exact) mass is 325 g/mol. The van der Waals surface area contributed by atoms with Gasteiger partial charge in [-0.2, -0.15) is 0 Å². The van der Waals surface area contributed by atoms with E-state index >= 15 is 0 Å². The second kappa shape index (κ2) is 7.84. The van der Waals surface area contributed by atoms with Crippen LogP contribution >= 0.6 is 12.2 Å². The molecule has 0 fully saturated rings. The Morgan fingerprint density at radius 2 is 2.05 bits per heavy atom. The second-order valence-corrected chi connectivity index (χ2v) is 6.13. The normalized spacial score (nSPS) is 10.7. The number of carbonyl (C=O) groups excluding carboxylic acids is 1. The van der Waals surface area contributed by atoms with Crippen LogP contribution in [0.5, 0.6) is 5.75 Å². The van der Waals surface area contributed by atoms with E-state index < -0.39 is 11.7 Å². The van der Waals surface area contributed by atoms with Crippen LogP contribution in [-0.2, 0) is 11.2 Å².